The van der Waals surface area contributed by atoms with Gasteiger partial charge in [0.05, 0.1) is 21.2 Å². The summed E-state index contributed by atoms with van der Waals surface area (Å²) in [5.74, 6) is -4.57. The molecule has 1 aromatic heterocycles. The Morgan fingerprint density at radius 1 is 1.25 bits per heavy atom. The van der Waals surface area contributed by atoms with E-state index in [1.807, 2.05) is 0 Å². The van der Waals surface area contributed by atoms with Crippen molar-refractivity contribution in [1.82, 2.24) is 4.90 Å². The molecule has 20 heavy (non-hydrogen) atoms. The van der Waals surface area contributed by atoms with Crippen LogP contribution in [0.3, 0.4) is 0 Å². The molecule has 2 unspecified atom stereocenters. The average molecular weight is 362 g/mol. The lowest BCUT2D eigenvalue weighted by Gasteiger charge is -2.34. The van der Waals surface area contributed by atoms with Crippen LogP contribution in [0.2, 0.25) is 0 Å². The van der Waals surface area contributed by atoms with Gasteiger partial charge in [-0.05, 0) is 28.4 Å². The van der Waals surface area contributed by atoms with Gasteiger partial charge in [-0.25, -0.2) is 0 Å². The molecule has 1 fully saturated rings. The molecular formula is C12H12BrNO5S. The molecular weight excluding hydrogens is 350 g/mol. The van der Waals surface area contributed by atoms with Crippen LogP contribution in [-0.2, 0) is 9.59 Å². The van der Waals surface area contributed by atoms with Gasteiger partial charge < -0.3 is 15.1 Å². The highest BCUT2D eigenvalue weighted by Gasteiger charge is 2.40. The summed E-state index contributed by atoms with van der Waals surface area (Å²) >= 11 is 4.63. The Morgan fingerprint density at radius 3 is 2.40 bits per heavy atom. The minimum Gasteiger partial charge on any atom is -0.481 e. The molecule has 0 radical (unpaired) electrons. The number of carbonyl (C=O) groups excluding carboxylic acids is 1. The number of carboxylic acid groups (broad SMARTS) is 2. The van der Waals surface area contributed by atoms with E-state index in [1.54, 1.807) is 11.4 Å². The maximum Gasteiger partial charge on any atom is 0.309 e. The first kappa shape index (κ1) is 15.0. The third kappa shape index (κ3) is 3.01. The van der Waals surface area contributed by atoms with E-state index in [-0.39, 0.29) is 25.4 Å². The Kier molecular flexibility index (Phi) is 4.44. The van der Waals surface area contributed by atoms with Crippen molar-refractivity contribution >= 4 is 45.1 Å². The summed E-state index contributed by atoms with van der Waals surface area (Å²) < 4.78 is 0.816. The molecule has 1 aliphatic rings. The second-order valence-electron chi connectivity index (χ2n) is 4.57. The molecule has 1 aliphatic heterocycles. The molecule has 6 nitrogen and oxygen atoms in total. The Labute approximate surface area is 127 Å². The second-order valence-corrected chi connectivity index (χ2v) is 6.86. The van der Waals surface area contributed by atoms with Gasteiger partial charge in [0.25, 0.3) is 5.91 Å². The van der Waals surface area contributed by atoms with E-state index in [2.05, 4.69) is 15.9 Å². The first-order chi connectivity index (χ1) is 9.40. The van der Waals surface area contributed by atoms with E-state index >= 15 is 0 Å². The first-order valence-electron chi connectivity index (χ1n) is 5.89. The average Bonchev–Trinajstić information content (AvgIpc) is 2.83. The number of likely N-dealkylation sites (tertiary alicyclic amines) is 1. The van der Waals surface area contributed by atoms with Crippen molar-refractivity contribution in [3.05, 3.63) is 20.8 Å². The number of carbonyl (C=O) groups is 3. The fourth-order valence-corrected chi connectivity index (χ4v) is 3.42. The van der Waals surface area contributed by atoms with E-state index in [0.717, 1.165) is 3.79 Å². The third-order valence-electron chi connectivity index (χ3n) is 3.35. The van der Waals surface area contributed by atoms with Crippen molar-refractivity contribution in [2.75, 3.05) is 13.1 Å². The van der Waals surface area contributed by atoms with Crippen molar-refractivity contribution in [1.29, 1.82) is 0 Å². The van der Waals surface area contributed by atoms with Gasteiger partial charge in [-0.2, -0.15) is 0 Å². The van der Waals surface area contributed by atoms with Crippen molar-refractivity contribution in [2.24, 2.45) is 11.8 Å². The SMILES string of the molecule is O=C(O)C1CCN(C(=O)c2csc(Br)c2)CC1C(=O)O. The van der Waals surface area contributed by atoms with Crippen LogP contribution in [-0.4, -0.2) is 46.0 Å². The predicted octanol–water partition coefficient (Wildman–Crippen LogP) is 1.76. The van der Waals surface area contributed by atoms with Crippen LogP contribution in [0.5, 0.6) is 0 Å². The van der Waals surface area contributed by atoms with Crippen molar-refractivity contribution < 1.29 is 24.6 Å². The number of amides is 1. The minimum atomic E-state index is -1.18. The highest BCUT2D eigenvalue weighted by Crippen LogP contribution is 2.27. The summed E-state index contributed by atoms with van der Waals surface area (Å²) in [4.78, 5) is 35.9. The van der Waals surface area contributed by atoms with Crippen molar-refractivity contribution in [3.63, 3.8) is 0 Å². The van der Waals surface area contributed by atoms with Gasteiger partial charge in [0.15, 0.2) is 0 Å². The number of aliphatic carboxylic acids is 2. The fraction of sp³-hybridized carbons (Fsp3) is 0.417. The molecule has 1 saturated heterocycles. The third-order valence-corrected chi connectivity index (χ3v) is 4.85. The normalized spacial score (nSPS) is 22.6. The van der Waals surface area contributed by atoms with Crippen LogP contribution in [0.1, 0.15) is 16.8 Å². The summed E-state index contributed by atoms with van der Waals surface area (Å²) in [6.45, 7) is 0.186. The summed E-state index contributed by atoms with van der Waals surface area (Å²) in [5, 5.41) is 19.8. The molecule has 8 heteroatoms. The minimum absolute atomic E-state index is 0.0708. The van der Waals surface area contributed by atoms with Gasteiger partial charge in [0, 0.05) is 18.5 Å². The van der Waals surface area contributed by atoms with Crippen LogP contribution in [0, 0.1) is 11.8 Å². The largest absolute Gasteiger partial charge is 0.481 e. The number of hydrogen-bond acceptors (Lipinski definition) is 4. The van der Waals surface area contributed by atoms with E-state index in [1.165, 1.54) is 16.2 Å². The topological polar surface area (TPSA) is 94.9 Å². The molecule has 108 valence electrons. The van der Waals surface area contributed by atoms with Crippen molar-refractivity contribution in [3.8, 4) is 0 Å². The molecule has 0 spiro atoms. The molecule has 2 atom stereocenters. The lowest BCUT2D eigenvalue weighted by Crippen LogP contribution is -2.48. The molecule has 0 aromatic carbocycles. The first-order valence-corrected chi connectivity index (χ1v) is 7.56. The van der Waals surface area contributed by atoms with E-state index < -0.39 is 23.8 Å². The fourth-order valence-electron chi connectivity index (χ4n) is 2.29. The molecule has 1 aromatic rings. The summed E-state index contributed by atoms with van der Waals surface area (Å²) in [6, 6.07) is 1.67. The van der Waals surface area contributed by atoms with Crippen LogP contribution < -0.4 is 0 Å². The molecule has 2 rings (SSSR count). The number of halogens is 1. The molecule has 2 N–H and O–H groups in total. The highest BCUT2D eigenvalue weighted by molar-refractivity contribution is 9.11. The van der Waals surface area contributed by atoms with E-state index in [0.29, 0.717) is 5.56 Å². The molecule has 0 bridgehead atoms. The van der Waals surface area contributed by atoms with Gasteiger partial charge in [-0.1, -0.05) is 0 Å². The quantitative estimate of drug-likeness (QED) is 0.855. The number of nitrogens with zero attached hydrogens (tertiary/aromatic N) is 1. The van der Waals surface area contributed by atoms with E-state index in [9.17, 15) is 14.4 Å². The lowest BCUT2D eigenvalue weighted by atomic mass is 9.85. The zero-order chi connectivity index (χ0) is 14.9. The van der Waals surface area contributed by atoms with Crippen LogP contribution >= 0.6 is 27.3 Å². The standard InChI is InChI=1S/C12H12BrNO5S/c13-9-3-6(5-20-9)10(15)14-2-1-7(11(16)17)8(4-14)12(18)19/h3,5,7-8H,1-2,4H2,(H,16,17)(H,18,19). The zero-order valence-electron chi connectivity index (χ0n) is 10.3. The van der Waals surface area contributed by atoms with Crippen LogP contribution in [0.25, 0.3) is 0 Å². The van der Waals surface area contributed by atoms with E-state index in [4.69, 9.17) is 10.2 Å². The number of carboxylic acids is 2. The maximum absolute atomic E-state index is 12.2. The Bertz CT molecular complexity index is 558. The second kappa shape index (κ2) is 5.92. The molecule has 2 heterocycles. The lowest BCUT2D eigenvalue weighted by molar-refractivity contribution is -0.156. The number of thiophene rings is 1. The van der Waals surface area contributed by atoms with Crippen LogP contribution in [0.15, 0.2) is 15.2 Å². The predicted molar refractivity (Wildman–Crippen MR) is 74.8 cm³/mol. The zero-order valence-corrected chi connectivity index (χ0v) is 12.7. The van der Waals surface area contributed by atoms with Gasteiger partial charge in [-0.15, -0.1) is 11.3 Å². The highest BCUT2D eigenvalue weighted by atomic mass is 79.9. The van der Waals surface area contributed by atoms with Crippen LogP contribution in [0.4, 0.5) is 0 Å². The number of piperidine rings is 1. The summed E-state index contributed by atoms with van der Waals surface area (Å²) in [7, 11) is 0. The summed E-state index contributed by atoms with van der Waals surface area (Å²) in [6.07, 6.45) is 0.156. The Balaban J connectivity index is 2.14. The Hall–Kier alpha value is -1.41. The van der Waals surface area contributed by atoms with Gasteiger partial charge in [0.2, 0.25) is 0 Å². The van der Waals surface area contributed by atoms with Crippen molar-refractivity contribution in [2.45, 2.75) is 6.42 Å². The van der Waals surface area contributed by atoms with Gasteiger partial charge >= 0.3 is 11.9 Å². The number of rotatable bonds is 3. The smallest absolute Gasteiger partial charge is 0.309 e. The summed E-state index contributed by atoms with van der Waals surface area (Å²) in [5.41, 5.74) is 0.486. The monoisotopic (exact) mass is 361 g/mol. The maximum atomic E-state index is 12.2. The molecule has 1 amide bonds. The molecule has 0 saturated carbocycles. The number of hydrogen-bond donors (Lipinski definition) is 2. The Morgan fingerprint density at radius 2 is 1.90 bits per heavy atom. The molecule has 0 aliphatic carbocycles. The van der Waals surface area contributed by atoms with Gasteiger partial charge in [0.1, 0.15) is 0 Å². The van der Waals surface area contributed by atoms with Gasteiger partial charge in [-0.3, -0.25) is 14.4 Å².